The van der Waals surface area contributed by atoms with Crippen LogP contribution in [-0.2, 0) is 9.47 Å². The Kier molecular flexibility index (Phi) is 8.07. The number of aliphatic hydroxyl groups excluding tert-OH is 1. The summed E-state index contributed by atoms with van der Waals surface area (Å²) >= 11 is 0. The van der Waals surface area contributed by atoms with Crippen LogP contribution in [0, 0.1) is 0 Å². The summed E-state index contributed by atoms with van der Waals surface area (Å²) in [5.41, 5.74) is 6.79. The van der Waals surface area contributed by atoms with Gasteiger partial charge >= 0.3 is 0 Å². The average Bonchev–Trinajstić information content (AvgIpc) is 2.49. The summed E-state index contributed by atoms with van der Waals surface area (Å²) in [5.74, 6) is 1.16. The molecule has 0 saturated heterocycles. The lowest BCUT2D eigenvalue weighted by molar-refractivity contribution is -0.00450. The molecule has 1 aromatic rings. The molecule has 3 N–H and O–H groups in total. The van der Waals surface area contributed by atoms with E-state index in [1.807, 2.05) is 19.1 Å². The maximum Gasteiger partial charge on any atom is 0.161 e. The van der Waals surface area contributed by atoms with Crippen LogP contribution in [0.5, 0.6) is 11.5 Å². The van der Waals surface area contributed by atoms with Crippen molar-refractivity contribution in [3.05, 3.63) is 23.8 Å². The predicted octanol–water partition coefficient (Wildman–Crippen LogP) is 1.12. The smallest absolute Gasteiger partial charge is 0.161 e. The summed E-state index contributed by atoms with van der Waals surface area (Å²) in [5, 5.41) is 9.76. The van der Waals surface area contributed by atoms with E-state index >= 15 is 0 Å². The van der Waals surface area contributed by atoms with Crippen LogP contribution in [0.1, 0.15) is 18.5 Å². The van der Waals surface area contributed by atoms with Gasteiger partial charge in [0.15, 0.2) is 11.5 Å². The second-order valence-electron chi connectivity index (χ2n) is 4.73. The highest BCUT2D eigenvalue weighted by Crippen LogP contribution is 2.29. The second kappa shape index (κ2) is 9.57. The highest BCUT2D eigenvalue weighted by Gasteiger charge is 2.11. The zero-order valence-corrected chi connectivity index (χ0v) is 12.9. The Hall–Kier alpha value is -1.34. The SMILES string of the molecule is COCCOCC(O)COc1ccc([C@@H](C)N)cc1OC. The van der Waals surface area contributed by atoms with E-state index in [-0.39, 0.29) is 19.3 Å². The fraction of sp³-hybridized carbons (Fsp3) is 0.600. The number of nitrogens with two attached hydrogens (primary N) is 1. The zero-order valence-electron chi connectivity index (χ0n) is 12.9. The van der Waals surface area contributed by atoms with Gasteiger partial charge in [-0.2, -0.15) is 0 Å². The highest BCUT2D eigenvalue weighted by molar-refractivity contribution is 5.43. The number of hydrogen-bond donors (Lipinski definition) is 2. The molecular formula is C15H25NO5. The number of benzene rings is 1. The van der Waals surface area contributed by atoms with Crippen molar-refractivity contribution in [2.45, 2.75) is 19.1 Å². The van der Waals surface area contributed by atoms with Gasteiger partial charge in [-0.25, -0.2) is 0 Å². The van der Waals surface area contributed by atoms with Crippen molar-refractivity contribution in [3.63, 3.8) is 0 Å². The van der Waals surface area contributed by atoms with Gasteiger partial charge in [-0.05, 0) is 24.6 Å². The Bertz CT molecular complexity index is 411. The van der Waals surface area contributed by atoms with Crippen molar-refractivity contribution < 1.29 is 24.1 Å². The molecule has 0 heterocycles. The minimum atomic E-state index is -0.709. The zero-order chi connectivity index (χ0) is 15.7. The van der Waals surface area contributed by atoms with Gasteiger partial charge in [-0.1, -0.05) is 6.07 Å². The van der Waals surface area contributed by atoms with E-state index in [1.54, 1.807) is 20.3 Å². The minimum absolute atomic E-state index is 0.0762. The number of methoxy groups -OCH3 is 2. The molecule has 0 bridgehead atoms. The molecule has 0 aliphatic heterocycles. The van der Waals surface area contributed by atoms with Crippen LogP contribution >= 0.6 is 0 Å². The monoisotopic (exact) mass is 299 g/mol. The molecule has 2 atom stereocenters. The Labute approximate surface area is 125 Å². The lowest BCUT2D eigenvalue weighted by Gasteiger charge is -2.16. The first kappa shape index (κ1) is 17.7. The van der Waals surface area contributed by atoms with Gasteiger partial charge in [0.1, 0.15) is 12.7 Å². The van der Waals surface area contributed by atoms with E-state index in [4.69, 9.17) is 24.7 Å². The first-order chi connectivity index (χ1) is 10.1. The lowest BCUT2D eigenvalue weighted by Crippen LogP contribution is -2.24. The number of hydrogen-bond acceptors (Lipinski definition) is 6. The largest absolute Gasteiger partial charge is 0.493 e. The minimum Gasteiger partial charge on any atom is -0.493 e. The van der Waals surface area contributed by atoms with Crippen molar-refractivity contribution in [1.29, 1.82) is 0 Å². The molecule has 0 amide bonds. The standard InChI is InChI=1S/C15H25NO5/c1-11(16)12-4-5-14(15(8-12)19-3)21-10-13(17)9-20-7-6-18-2/h4-5,8,11,13,17H,6-7,9-10,16H2,1-3H3/t11-,13?/m1/s1. The van der Waals surface area contributed by atoms with Crippen molar-refractivity contribution in [1.82, 2.24) is 0 Å². The molecule has 6 heteroatoms. The molecule has 1 unspecified atom stereocenters. The molecule has 21 heavy (non-hydrogen) atoms. The maximum absolute atomic E-state index is 9.76. The fourth-order valence-electron chi connectivity index (χ4n) is 1.68. The normalized spacial score (nSPS) is 13.8. The van der Waals surface area contributed by atoms with Gasteiger partial charge in [-0.15, -0.1) is 0 Å². The third-order valence-corrected chi connectivity index (χ3v) is 2.89. The Morgan fingerprint density at radius 2 is 1.90 bits per heavy atom. The number of aliphatic hydroxyl groups is 1. The Morgan fingerprint density at radius 1 is 1.14 bits per heavy atom. The highest BCUT2D eigenvalue weighted by atomic mass is 16.5. The molecule has 0 aliphatic carbocycles. The van der Waals surface area contributed by atoms with Crippen LogP contribution in [0.15, 0.2) is 18.2 Å². The van der Waals surface area contributed by atoms with E-state index in [9.17, 15) is 5.11 Å². The van der Waals surface area contributed by atoms with Crippen LogP contribution in [0.4, 0.5) is 0 Å². The van der Waals surface area contributed by atoms with Gasteiger partial charge in [0.05, 0.1) is 26.9 Å². The van der Waals surface area contributed by atoms with Gasteiger partial charge in [0.25, 0.3) is 0 Å². The van der Waals surface area contributed by atoms with E-state index in [0.29, 0.717) is 24.7 Å². The van der Waals surface area contributed by atoms with Crippen LogP contribution in [-0.4, -0.2) is 51.9 Å². The van der Waals surface area contributed by atoms with Gasteiger partial charge in [0, 0.05) is 13.2 Å². The van der Waals surface area contributed by atoms with Crippen LogP contribution in [0.25, 0.3) is 0 Å². The molecule has 0 aromatic heterocycles. The predicted molar refractivity (Wildman–Crippen MR) is 79.8 cm³/mol. The molecule has 1 rings (SSSR count). The molecule has 0 aliphatic rings. The molecule has 120 valence electrons. The number of ether oxygens (including phenoxy) is 4. The lowest BCUT2D eigenvalue weighted by atomic mass is 10.1. The van der Waals surface area contributed by atoms with E-state index < -0.39 is 6.10 Å². The topological polar surface area (TPSA) is 83.2 Å². The second-order valence-corrected chi connectivity index (χ2v) is 4.73. The van der Waals surface area contributed by atoms with Gasteiger partial charge in [-0.3, -0.25) is 0 Å². The summed E-state index contributed by atoms with van der Waals surface area (Å²) in [7, 11) is 3.17. The molecule has 0 saturated carbocycles. The van der Waals surface area contributed by atoms with Crippen molar-refractivity contribution >= 4 is 0 Å². The van der Waals surface area contributed by atoms with Crippen molar-refractivity contribution in [2.75, 3.05) is 40.6 Å². The van der Waals surface area contributed by atoms with E-state index in [0.717, 1.165) is 5.56 Å². The summed E-state index contributed by atoms with van der Waals surface area (Å²) < 4.78 is 20.9. The Balaban J connectivity index is 2.47. The maximum atomic E-state index is 9.76. The average molecular weight is 299 g/mol. The summed E-state index contributed by atoms with van der Waals surface area (Å²) in [4.78, 5) is 0. The summed E-state index contributed by atoms with van der Waals surface area (Å²) in [6.45, 7) is 3.17. The van der Waals surface area contributed by atoms with E-state index in [1.165, 1.54) is 0 Å². The molecule has 6 nitrogen and oxygen atoms in total. The van der Waals surface area contributed by atoms with Gasteiger partial charge < -0.3 is 29.8 Å². The van der Waals surface area contributed by atoms with Crippen molar-refractivity contribution in [3.8, 4) is 11.5 Å². The molecule has 0 radical (unpaired) electrons. The molecule has 0 fully saturated rings. The van der Waals surface area contributed by atoms with Gasteiger partial charge in [0.2, 0.25) is 0 Å². The van der Waals surface area contributed by atoms with E-state index in [2.05, 4.69) is 0 Å². The summed E-state index contributed by atoms with van der Waals surface area (Å²) in [6, 6.07) is 5.43. The Morgan fingerprint density at radius 3 is 2.52 bits per heavy atom. The van der Waals surface area contributed by atoms with Crippen LogP contribution in [0.3, 0.4) is 0 Å². The fourth-order valence-corrected chi connectivity index (χ4v) is 1.68. The van der Waals surface area contributed by atoms with Crippen LogP contribution in [0.2, 0.25) is 0 Å². The molecule has 1 aromatic carbocycles. The van der Waals surface area contributed by atoms with Crippen molar-refractivity contribution in [2.24, 2.45) is 5.73 Å². The molecule has 0 spiro atoms. The van der Waals surface area contributed by atoms with Crippen LogP contribution < -0.4 is 15.2 Å². The first-order valence-corrected chi connectivity index (χ1v) is 6.89. The third-order valence-electron chi connectivity index (χ3n) is 2.89. The quantitative estimate of drug-likeness (QED) is 0.630. The number of rotatable bonds is 10. The summed E-state index contributed by atoms with van der Waals surface area (Å²) in [6.07, 6.45) is -0.709. The molecular weight excluding hydrogens is 274 g/mol. The third kappa shape index (κ3) is 6.31. The first-order valence-electron chi connectivity index (χ1n) is 6.89.